The lowest BCUT2D eigenvalue weighted by Crippen LogP contribution is -2.06. The first kappa shape index (κ1) is 17.5. The van der Waals surface area contributed by atoms with E-state index in [2.05, 4.69) is 0 Å². The molecule has 0 fully saturated rings. The number of nitrogen functional groups attached to an aromatic ring is 1. The zero-order valence-electron chi connectivity index (χ0n) is 15.3. The number of aromatic hydroxyl groups is 1. The predicted octanol–water partition coefficient (Wildman–Crippen LogP) is 4.76. The molecule has 5 heteroatoms. The Bertz CT molecular complexity index is 1190. The van der Waals surface area contributed by atoms with Crippen molar-refractivity contribution >= 4 is 33.9 Å². The average molecular weight is 369 g/mol. The van der Waals surface area contributed by atoms with Crippen LogP contribution in [0.25, 0.3) is 10.9 Å². The lowest BCUT2D eigenvalue weighted by atomic mass is 10.0. The third-order valence-electron chi connectivity index (χ3n) is 4.56. The Balaban J connectivity index is 2.08. The van der Waals surface area contributed by atoms with Crippen LogP contribution in [0.3, 0.4) is 0 Å². The van der Waals surface area contributed by atoms with Gasteiger partial charge in [0.2, 0.25) is 11.8 Å². The van der Waals surface area contributed by atoms with E-state index >= 15 is 0 Å². The first-order valence-electron chi connectivity index (χ1n) is 8.89. The van der Waals surface area contributed by atoms with Gasteiger partial charge in [-0.25, -0.2) is 4.99 Å². The predicted molar refractivity (Wildman–Crippen MR) is 112 cm³/mol. The Morgan fingerprint density at radius 2 is 1.61 bits per heavy atom. The van der Waals surface area contributed by atoms with E-state index in [0.717, 1.165) is 11.3 Å². The molecule has 138 valence electrons. The molecule has 3 aromatic carbocycles. The molecule has 4 rings (SSSR count). The molecule has 0 aliphatic carbocycles. The number of aromatic nitrogens is 1. The van der Waals surface area contributed by atoms with Gasteiger partial charge >= 0.3 is 0 Å². The number of nitrogens with two attached hydrogens (primary N) is 1. The number of anilines is 1. The van der Waals surface area contributed by atoms with Gasteiger partial charge in [0.1, 0.15) is 0 Å². The summed E-state index contributed by atoms with van der Waals surface area (Å²) in [5, 5.41) is 11.7. The second-order valence-corrected chi connectivity index (χ2v) is 6.49. The summed E-state index contributed by atoms with van der Waals surface area (Å²) in [5.74, 6) is -0.446. The molecular formula is C23H19N3O2. The number of para-hydroxylation sites is 1. The topological polar surface area (TPSA) is 80.6 Å². The summed E-state index contributed by atoms with van der Waals surface area (Å²) in [6.07, 6.45) is 0. The fourth-order valence-corrected chi connectivity index (χ4v) is 3.34. The smallest absolute Gasteiger partial charge is 0.230 e. The molecule has 1 heterocycles. The molecule has 5 nitrogen and oxygen atoms in total. The quantitative estimate of drug-likeness (QED) is 0.404. The van der Waals surface area contributed by atoms with Crippen molar-refractivity contribution in [2.24, 2.45) is 4.99 Å². The van der Waals surface area contributed by atoms with E-state index in [-0.39, 0.29) is 11.8 Å². The molecule has 0 aliphatic heterocycles. The van der Waals surface area contributed by atoms with Crippen LogP contribution in [0.2, 0.25) is 0 Å². The van der Waals surface area contributed by atoms with Gasteiger partial charge in [0.25, 0.3) is 0 Å². The Morgan fingerprint density at radius 3 is 2.25 bits per heavy atom. The van der Waals surface area contributed by atoms with E-state index in [0.29, 0.717) is 27.9 Å². The molecule has 4 aromatic rings. The van der Waals surface area contributed by atoms with Gasteiger partial charge in [0, 0.05) is 23.6 Å². The van der Waals surface area contributed by atoms with Crippen molar-refractivity contribution in [1.29, 1.82) is 0 Å². The number of hydrogen-bond acceptors (Lipinski definition) is 4. The van der Waals surface area contributed by atoms with Crippen molar-refractivity contribution in [3.8, 4) is 5.88 Å². The molecular weight excluding hydrogens is 350 g/mol. The number of hydrogen-bond donors (Lipinski definition) is 2. The second kappa shape index (κ2) is 7.04. The molecule has 1 aromatic heterocycles. The number of carbonyl (C=O) groups is 1. The van der Waals surface area contributed by atoms with Crippen LogP contribution in [-0.4, -0.2) is 21.3 Å². The molecule has 0 atom stereocenters. The van der Waals surface area contributed by atoms with E-state index < -0.39 is 0 Å². The van der Waals surface area contributed by atoms with E-state index in [1.165, 1.54) is 11.5 Å². The minimum Gasteiger partial charge on any atom is -0.494 e. The molecule has 0 unspecified atom stereocenters. The Kier molecular flexibility index (Phi) is 4.41. The summed E-state index contributed by atoms with van der Waals surface area (Å²) in [5.41, 5.74) is 9.66. The summed E-state index contributed by atoms with van der Waals surface area (Å²) in [6, 6.07) is 24.3. The molecule has 0 bridgehead atoms. The summed E-state index contributed by atoms with van der Waals surface area (Å²) >= 11 is 0. The lowest BCUT2D eigenvalue weighted by Gasteiger charge is -2.08. The van der Waals surface area contributed by atoms with Gasteiger partial charge in [-0.05, 0) is 30.3 Å². The summed E-state index contributed by atoms with van der Waals surface area (Å²) in [4.78, 5) is 17.1. The maximum absolute atomic E-state index is 12.2. The van der Waals surface area contributed by atoms with E-state index in [1.54, 1.807) is 12.1 Å². The van der Waals surface area contributed by atoms with Gasteiger partial charge in [-0.1, -0.05) is 48.5 Å². The maximum atomic E-state index is 12.2. The van der Waals surface area contributed by atoms with Crippen LogP contribution >= 0.6 is 0 Å². The van der Waals surface area contributed by atoms with Gasteiger partial charge in [0.05, 0.1) is 22.5 Å². The molecule has 3 N–H and O–H groups in total. The molecule has 0 spiro atoms. The van der Waals surface area contributed by atoms with Gasteiger partial charge in [-0.15, -0.1) is 0 Å². The van der Waals surface area contributed by atoms with Crippen LogP contribution < -0.4 is 5.73 Å². The Hall–Kier alpha value is -3.86. The highest BCUT2D eigenvalue weighted by atomic mass is 16.3. The normalized spacial score (nSPS) is 11.7. The SMILES string of the molecule is CC(=O)n1c(O)c(C(=Nc2ccccc2)c2ccccc2)c2ccc(N)cc21. The van der Waals surface area contributed by atoms with Crippen molar-refractivity contribution in [3.63, 3.8) is 0 Å². The van der Waals surface area contributed by atoms with E-state index in [4.69, 9.17) is 10.7 Å². The first-order valence-corrected chi connectivity index (χ1v) is 8.89. The summed E-state index contributed by atoms with van der Waals surface area (Å²) in [7, 11) is 0. The van der Waals surface area contributed by atoms with Crippen LogP contribution in [0.5, 0.6) is 5.88 Å². The third-order valence-corrected chi connectivity index (χ3v) is 4.56. The van der Waals surface area contributed by atoms with Crippen LogP contribution in [-0.2, 0) is 0 Å². The number of benzene rings is 3. The molecule has 0 saturated carbocycles. The van der Waals surface area contributed by atoms with Crippen molar-refractivity contribution in [2.75, 3.05) is 5.73 Å². The number of carbonyl (C=O) groups excluding carboxylic acids is 1. The first-order chi connectivity index (χ1) is 13.6. The highest BCUT2D eigenvalue weighted by Crippen LogP contribution is 2.35. The monoisotopic (exact) mass is 369 g/mol. The number of rotatable bonds is 3. The standard InChI is InChI=1S/C23H19N3O2/c1-15(27)26-20-14-17(24)12-13-19(20)21(23(26)28)22(16-8-4-2-5-9-16)25-18-10-6-3-7-11-18/h2-14,28H,24H2,1H3. The minimum atomic E-state index is -0.300. The van der Waals surface area contributed by atoms with Gasteiger partial charge < -0.3 is 10.8 Å². The zero-order chi connectivity index (χ0) is 19.7. The maximum Gasteiger partial charge on any atom is 0.230 e. The molecule has 28 heavy (non-hydrogen) atoms. The zero-order valence-corrected chi connectivity index (χ0v) is 15.3. The fourth-order valence-electron chi connectivity index (χ4n) is 3.34. The largest absolute Gasteiger partial charge is 0.494 e. The second-order valence-electron chi connectivity index (χ2n) is 6.49. The van der Waals surface area contributed by atoms with E-state index in [1.807, 2.05) is 66.7 Å². The third kappa shape index (κ3) is 3.03. The van der Waals surface area contributed by atoms with Crippen LogP contribution in [0.4, 0.5) is 11.4 Å². The number of nitrogens with zero attached hydrogens (tertiary/aromatic N) is 2. The lowest BCUT2D eigenvalue weighted by molar-refractivity contribution is 0.0933. The van der Waals surface area contributed by atoms with Crippen LogP contribution in [0.15, 0.2) is 83.9 Å². The van der Waals surface area contributed by atoms with Gasteiger partial charge in [-0.3, -0.25) is 9.36 Å². The highest BCUT2D eigenvalue weighted by molar-refractivity contribution is 6.23. The Morgan fingerprint density at radius 1 is 0.964 bits per heavy atom. The van der Waals surface area contributed by atoms with Crippen molar-refractivity contribution in [2.45, 2.75) is 6.92 Å². The summed E-state index contributed by atoms with van der Waals surface area (Å²) < 4.78 is 1.27. The van der Waals surface area contributed by atoms with Crippen LogP contribution in [0.1, 0.15) is 22.8 Å². The van der Waals surface area contributed by atoms with Crippen LogP contribution in [0, 0.1) is 0 Å². The number of aliphatic imine (C=N–C) groups is 1. The average Bonchev–Trinajstić information content (AvgIpc) is 2.98. The van der Waals surface area contributed by atoms with E-state index in [9.17, 15) is 9.90 Å². The van der Waals surface area contributed by atoms with Gasteiger partial charge in [-0.2, -0.15) is 0 Å². The summed E-state index contributed by atoms with van der Waals surface area (Å²) in [6.45, 7) is 1.41. The Labute approximate surface area is 162 Å². The highest BCUT2D eigenvalue weighted by Gasteiger charge is 2.24. The minimum absolute atomic E-state index is 0.147. The fraction of sp³-hybridized carbons (Fsp3) is 0.0435. The van der Waals surface area contributed by atoms with Crippen molar-refractivity contribution < 1.29 is 9.90 Å². The molecule has 0 saturated heterocycles. The van der Waals surface area contributed by atoms with Crippen molar-refractivity contribution in [3.05, 3.63) is 90.0 Å². The molecule has 0 aliphatic rings. The molecule has 0 radical (unpaired) electrons. The number of fused-ring (bicyclic) bond motifs is 1. The molecule has 0 amide bonds. The van der Waals surface area contributed by atoms with Crippen molar-refractivity contribution in [1.82, 2.24) is 4.57 Å². The van der Waals surface area contributed by atoms with Gasteiger partial charge in [0.15, 0.2) is 0 Å².